The van der Waals surface area contributed by atoms with Crippen molar-refractivity contribution >= 4 is 16.9 Å². The molecule has 5 heteroatoms. The Labute approximate surface area is 125 Å². The van der Waals surface area contributed by atoms with Crippen molar-refractivity contribution in [2.45, 2.75) is 18.1 Å². The molecular formula is C15H25O3PSi. The van der Waals surface area contributed by atoms with Crippen LogP contribution in [0.15, 0.2) is 63.3 Å². The lowest BCUT2D eigenvalue weighted by atomic mass is 10.7. The van der Waals surface area contributed by atoms with Crippen LogP contribution >= 0.6 is 8.60 Å². The van der Waals surface area contributed by atoms with E-state index >= 15 is 0 Å². The van der Waals surface area contributed by atoms with Gasteiger partial charge in [0.15, 0.2) is 0 Å². The van der Waals surface area contributed by atoms with Crippen LogP contribution in [0.4, 0.5) is 0 Å². The van der Waals surface area contributed by atoms with Gasteiger partial charge in [0.25, 0.3) is 0 Å². The number of hydrogen-bond donors (Lipinski definition) is 0. The molecule has 0 unspecified atom stereocenters. The highest BCUT2D eigenvalue weighted by molar-refractivity contribution is 7.43. The monoisotopic (exact) mass is 312 g/mol. The molecule has 0 aromatic rings. The van der Waals surface area contributed by atoms with Crippen LogP contribution in [0.25, 0.3) is 0 Å². The average molecular weight is 312 g/mol. The predicted octanol–water partition coefficient (Wildman–Crippen LogP) is 5.14. The highest BCUT2D eigenvalue weighted by Crippen LogP contribution is 2.46. The molecule has 0 aliphatic heterocycles. The van der Waals surface area contributed by atoms with Gasteiger partial charge in [-0.1, -0.05) is 30.4 Å². The molecule has 0 heterocycles. The van der Waals surface area contributed by atoms with Crippen molar-refractivity contribution in [3.63, 3.8) is 0 Å². The Balaban J connectivity index is 4.92. The van der Waals surface area contributed by atoms with Crippen LogP contribution in [0.3, 0.4) is 0 Å². The Morgan fingerprint density at radius 3 is 1.40 bits per heavy atom. The third-order valence-electron chi connectivity index (χ3n) is 2.41. The van der Waals surface area contributed by atoms with E-state index in [-0.39, 0.29) is 0 Å². The summed E-state index contributed by atoms with van der Waals surface area (Å²) < 4.78 is 17.4. The van der Waals surface area contributed by atoms with Gasteiger partial charge in [-0.05, 0) is 18.1 Å². The standard InChI is InChI=1S/C15H25O3PSi/c1-6-11-16-19(17-12-7-2)18-20(13-8-3,14-9-4)15-10-5/h6-10H,1-5,11-15H2. The summed E-state index contributed by atoms with van der Waals surface area (Å²) in [6, 6.07) is 2.41. The van der Waals surface area contributed by atoms with E-state index < -0.39 is 16.9 Å². The summed E-state index contributed by atoms with van der Waals surface area (Å²) in [6.45, 7) is 19.5. The number of rotatable bonds is 14. The molecule has 0 amide bonds. The van der Waals surface area contributed by atoms with Crippen LogP contribution in [-0.2, 0) is 13.3 Å². The van der Waals surface area contributed by atoms with E-state index in [2.05, 4.69) is 32.9 Å². The summed E-state index contributed by atoms with van der Waals surface area (Å²) in [6.07, 6.45) is 9.00. The first-order valence-corrected chi connectivity index (χ1v) is 10.1. The molecule has 0 bridgehead atoms. The largest absolute Gasteiger partial charge is 0.353 e. The lowest BCUT2D eigenvalue weighted by molar-refractivity contribution is 0.235. The zero-order valence-electron chi connectivity index (χ0n) is 12.1. The van der Waals surface area contributed by atoms with E-state index in [9.17, 15) is 0 Å². The Kier molecular flexibility index (Phi) is 11.5. The second-order valence-corrected chi connectivity index (χ2v) is 9.43. The molecule has 0 aromatic carbocycles. The smallest absolute Gasteiger partial charge is 0.322 e. The summed E-state index contributed by atoms with van der Waals surface area (Å²) in [5.41, 5.74) is 0. The second kappa shape index (κ2) is 12.0. The maximum atomic E-state index is 6.21. The van der Waals surface area contributed by atoms with Crippen molar-refractivity contribution in [1.29, 1.82) is 0 Å². The van der Waals surface area contributed by atoms with Crippen molar-refractivity contribution in [2.24, 2.45) is 0 Å². The fraction of sp³-hybridized carbons (Fsp3) is 0.333. The second-order valence-electron chi connectivity index (χ2n) is 4.15. The van der Waals surface area contributed by atoms with E-state index in [0.29, 0.717) is 13.2 Å². The van der Waals surface area contributed by atoms with Crippen molar-refractivity contribution in [3.8, 4) is 0 Å². The zero-order chi connectivity index (χ0) is 15.3. The predicted molar refractivity (Wildman–Crippen MR) is 91.1 cm³/mol. The summed E-state index contributed by atoms with van der Waals surface area (Å²) in [4.78, 5) is 0. The van der Waals surface area contributed by atoms with E-state index in [1.165, 1.54) is 0 Å². The van der Waals surface area contributed by atoms with Crippen LogP contribution in [0.5, 0.6) is 0 Å². The van der Waals surface area contributed by atoms with Crippen LogP contribution in [-0.4, -0.2) is 21.5 Å². The number of allylic oxidation sites excluding steroid dienone is 3. The van der Waals surface area contributed by atoms with E-state index in [4.69, 9.17) is 13.3 Å². The van der Waals surface area contributed by atoms with Crippen molar-refractivity contribution in [1.82, 2.24) is 0 Å². The minimum atomic E-state index is -2.10. The van der Waals surface area contributed by atoms with Gasteiger partial charge in [0.2, 0.25) is 8.32 Å². The Hall–Kier alpha value is -0.773. The van der Waals surface area contributed by atoms with Crippen LogP contribution < -0.4 is 0 Å². The van der Waals surface area contributed by atoms with Crippen molar-refractivity contribution in [3.05, 3.63) is 63.3 Å². The normalized spacial score (nSPS) is 11.1. The van der Waals surface area contributed by atoms with Gasteiger partial charge in [0.05, 0.1) is 13.2 Å². The summed E-state index contributed by atoms with van der Waals surface area (Å²) in [5.74, 6) is 0. The zero-order valence-corrected chi connectivity index (χ0v) is 14.0. The molecule has 0 aromatic heterocycles. The third kappa shape index (κ3) is 7.73. The maximum absolute atomic E-state index is 6.21. The first-order valence-electron chi connectivity index (χ1n) is 6.47. The minimum absolute atomic E-state index is 0.392. The van der Waals surface area contributed by atoms with Gasteiger partial charge in [-0.15, -0.1) is 32.9 Å². The molecule has 0 radical (unpaired) electrons. The van der Waals surface area contributed by atoms with Crippen molar-refractivity contribution < 1.29 is 13.3 Å². The Bertz CT molecular complexity index is 293. The third-order valence-corrected chi connectivity index (χ3v) is 8.38. The number of hydrogen-bond acceptors (Lipinski definition) is 3. The molecule has 0 N–H and O–H groups in total. The van der Waals surface area contributed by atoms with Gasteiger partial charge < -0.3 is 13.3 Å². The van der Waals surface area contributed by atoms with Gasteiger partial charge in [-0.2, -0.15) is 0 Å². The Morgan fingerprint density at radius 1 is 0.700 bits per heavy atom. The first kappa shape index (κ1) is 19.2. The lowest BCUT2D eigenvalue weighted by Gasteiger charge is -2.31. The maximum Gasteiger partial charge on any atom is 0.322 e. The van der Waals surface area contributed by atoms with Gasteiger partial charge in [-0.25, -0.2) is 0 Å². The van der Waals surface area contributed by atoms with Crippen LogP contribution in [0.2, 0.25) is 18.1 Å². The summed E-state index contributed by atoms with van der Waals surface area (Å²) in [7, 11) is -3.52. The molecule has 0 spiro atoms. The van der Waals surface area contributed by atoms with Crippen LogP contribution in [0.1, 0.15) is 0 Å². The van der Waals surface area contributed by atoms with Gasteiger partial charge in [0.1, 0.15) is 0 Å². The summed E-state index contributed by atoms with van der Waals surface area (Å²) >= 11 is 0. The van der Waals surface area contributed by atoms with Gasteiger partial charge >= 0.3 is 8.60 Å². The van der Waals surface area contributed by atoms with Crippen molar-refractivity contribution in [2.75, 3.05) is 13.2 Å². The molecule has 0 saturated carbocycles. The van der Waals surface area contributed by atoms with E-state index in [1.54, 1.807) is 12.2 Å². The lowest BCUT2D eigenvalue weighted by Crippen LogP contribution is -2.35. The summed E-state index contributed by atoms with van der Waals surface area (Å²) in [5, 5.41) is 0. The Morgan fingerprint density at radius 2 is 1.10 bits per heavy atom. The average Bonchev–Trinajstić information content (AvgIpc) is 2.42. The van der Waals surface area contributed by atoms with E-state index in [0.717, 1.165) is 18.1 Å². The molecule has 0 aliphatic carbocycles. The topological polar surface area (TPSA) is 27.7 Å². The fourth-order valence-electron chi connectivity index (χ4n) is 1.63. The molecule has 112 valence electrons. The fourth-order valence-corrected chi connectivity index (χ4v) is 6.81. The molecule has 0 saturated heterocycles. The SMILES string of the molecule is C=CCOP(OCC=C)O[Si](CC=C)(CC=C)CC=C. The molecule has 20 heavy (non-hydrogen) atoms. The van der Waals surface area contributed by atoms with Gasteiger partial charge in [0, 0.05) is 0 Å². The van der Waals surface area contributed by atoms with Gasteiger partial charge in [-0.3, -0.25) is 0 Å². The quantitative estimate of drug-likeness (QED) is 0.252. The molecule has 3 nitrogen and oxygen atoms in total. The highest BCUT2D eigenvalue weighted by Gasteiger charge is 2.35. The molecule has 0 atom stereocenters. The highest BCUT2D eigenvalue weighted by atomic mass is 31.2. The minimum Gasteiger partial charge on any atom is -0.353 e. The molecule has 0 rings (SSSR count). The molecule has 0 aliphatic rings. The molecular weight excluding hydrogens is 287 g/mol. The van der Waals surface area contributed by atoms with Crippen LogP contribution in [0, 0.1) is 0 Å². The first-order chi connectivity index (χ1) is 9.67. The molecule has 0 fully saturated rings. The van der Waals surface area contributed by atoms with E-state index in [1.807, 2.05) is 18.2 Å².